The molecule has 0 spiro atoms. The lowest BCUT2D eigenvalue weighted by Crippen LogP contribution is -2.34. The van der Waals surface area contributed by atoms with Crippen molar-refractivity contribution < 1.29 is 0 Å². The summed E-state index contributed by atoms with van der Waals surface area (Å²) in [6.07, 6.45) is 3.86. The summed E-state index contributed by atoms with van der Waals surface area (Å²) >= 11 is 0. The molecule has 0 atom stereocenters. The van der Waals surface area contributed by atoms with Gasteiger partial charge in [-0.1, -0.05) is 18.6 Å². The third-order valence-corrected chi connectivity index (χ3v) is 3.12. The van der Waals surface area contributed by atoms with Crippen molar-refractivity contribution in [3.8, 4) is 11.4 Å². The fourth-order valence-electron chi connectivity index (χ4n) is 2.21. The molecule has 1 aliphatic rings. The average molecular weight is 244 g/mol. The lowest BCUT2D eigenvalue weighted by molar-refractivity contribution is 0.273. The van der Waals surface area contributed by atoms with Gasteiger partial charge in [-0.05, 0) is 35.4 Å². The largest absolute Gasteiger partial charge is 0.319 e. The molecule has 0 radical (unpaired) electrons. The number of piperidine rings is 1. The van der Waals surface area contributed by atoms with E-state index in [2.05, 4.69) is 43.2 Å². The maximum atomic E-state index is 3.92. The van der Waals surface area contributed by atoms with Gasteiger partial charge in [-0.2, -0.15) is 0 Å². The van der Waals surface area contributed by atoms with Crippen molar-refractivity contribution in [1.29, 1.82) is 0 Å². The van der Waals surface area contributed by atoms with Crippen molar-refractivity contribution in [2.45, 2.75) is 19.3 Å². The molecule has 0 saturated carbocycles. The van der Waals surface area contributed by atoms with Crippen LogP contribution in [0.3, 0.4) is 0 Å². The Morgan fingerprint density at radius 2 is 2.06 bits per heavy atom. The smallest absolute Gasteiger partial charge is 0.179 e. The first kappa shape index (κ1) is 11.2. The molecule has 6 nitrogen and oxygen atoms in total. The highest BCUT2D eigenvalue weighted by Crippen LogP contribution is 2.19. The monoisotopic (exact) mass is 244 g/mol. The van der Waals surface area contributed by atoms with Crippen LogP contribution in [0.1, 0.15) is 19.3 Å². The molecule has 0 aliphatic carbocycles. The first-order chi connectivity index (χ1) is 8.92. The average Bonchev–Trinajstić information content (AvgIpc) is 2.94. The van der Waals surface area contributed by atoms with E-state index in [1.807, 2.05) is 12.1 Å². The number of rotatable bonds is 3. The van der Waals surface area contributed by atoms with Crippen LogP contribution in [0.4, 0.5) is 5.69 Å². The standard InChI is InChI=1S/C12H16N6/c1-2-7-18(8-3-1)15-11-6-4-5-10(9-11)12-13-16-17-14-12/h4-6,9,15H,1-3,7-8H2,(H,13,14,16,17). The van der Waals surface area contributed by atoms with Gasteiger partial charge in [0.1, 0.15) is 0 Å². The van der Waals surface area contributed by atoms with Crippen molar-refractivity contribution in [2.75, 3.05) is 18.5 Å². The predicted molar refractivity (Wildman–Crippen MR) is 68.7 cm³/mol. The Morgan fingerprint density at radius 1 is 1.17 bits per heavy atom. The van der Waals surface area contributed by atoms with Gasteiger partial charge in [0.15, 0.2) is 5.82 Å². The van der Waals surface area contributed by atoms with E-state index in [0.717, 1.165) is 24.3 Å². The zero-order valence-electron chi connectivity index (χ0n) is 10.1. The predicted octanol–water partition coefficient (Wildman–Crippen LogP) is 1.68. The van der Waals surface area contributed by atoms with Crippen LogP contribution < -0.4 is 5.43 Å². The van der Waals surface area contributed by atoms with E-state index in [-0.39, 0.29) is 0 Å². The first-order valence-corrected chi connectivity index (χ1v) is 6.27. The zero-order valence-corrected chi connectivity index (χ0v) is 10.1. The second kappa shape index (κ2) is 5.14. The van der Waals surface area contributed by atoms with Gasteiger partial charge >= 0.3 is 0 Å². The van der Waals surface area contributed by atoms with Crippen molar-refractivity contribution in [3.63, 3.8) is 0 Å². The van der Waals surface area contributed by atoms with Gasteiger partial charge in [-0.15, -0.1) is 5.10 Å². The van der Waals surface area contributed by atoms with Gasteiger partial charge in [0.25, 0.3) is 0 Å². The molecule has 1 aromatic carbocycles. The van der Waals surface area contributed by atoms with Crippen molar-refractivity contribution >= 4 is 5.69 Å². The quantitative estimate of drug-likeness (QED) is 0.859. The van der Waals surface area contributed by atoms with Gasteiger partial charge in [0, 0.05) is 24.3 Å². The van der Waals surface area contributed by atoms with E-state index in [0.29, 0.717) is 5.82 Å². The second-order valence-corrected chi connectivity index (χ2v) is 4.49. The fourth-order valence-corrected chi connectivity index (χ4v) is 2.21. The molecule has 2 N–H and O–H groups in total. The van der Waals surface area contributed by atoms with Gasteiger partial charge < -0.3 is 5.43 Å². The Balaban J connectivity index is 1.74. The number of aromatic amines is 1. The van der Waals surface area contributed by atoms with Crippen LogP contribution in [-0.4, -0.2) is 38.7 Å². The molecule has 94 valence electrons. The number of tetrazole rings is 1. The van der Waals surface area contributed by atoms with E-state index in [1.54, 1.807) is 0 Å². The summed E-state index contributed by atoms with van der Waals surface area (Å²) in [6.45, 7) is 2.21. The Morgan fingerprint density at radius 3 is 2.83 bits per heavy atom. The number of hydrogen-bond acceptors (Lipinski definition) is 5. The third-order valence-electron chi connectivity index (χ3n) is 3.12. The summed E-state index contributed by atoms with van der Waals surface area (Å²) in [5, 5.41) is 16.1. The van der Waals surface area contributed by atoms with Crippen molar-refractivity contribution in [1.82, 2.24) is 25.6 Å². The van der Waals surface area contributed by atoms with Crippen LogP contribution >= 0.6 is 0 Å². The summed E-state index contributed by atoms with van der Waals surface area (Å²) in [5.41, 5.74) is 5.50. The number of hydrogen-bond donors (Lipinski definition) is 2. The summed E-state index contributed by atoms with van der Waals surface area (Å²) in [4.78, 5) is 0. The lowest BCUT2D eigenvalue weighted by atomic mass is 10.1. The Kier molecular flexibility index (Phi) is 3.18. The maximum absolute atomic E-state index is 3.92. The Labute approximate surface area is 105 Å². The molecule has 0 bridgehead atoms. The topological polar surface area (TPSA) is 69.7 Å². The van der Waals surface area contributed by atoms with Crippen molar-refractivity contribution in [2.24, 2.45) is 0 Å². The SMILES string of the molecule is c1cc(NN2CCCCC2)cc(-c2nnn[nH]2)c1. The normalized spacial score (nSPS) is 16.7. The zero-order chi connectivity index (χ0) is 12.2. The Hall–Kier alpha value is -1.95. The van der Waals surface area contributed by atoms with Gasteiger partial charge in [-0.25, -0.2) is 10.1 Å². The minimum Gasteiger partial charge on any atom is -0.319 e. The van der Waals surface area contributed by atoms with Crippen LogP contribution in [0.2, 0.25) is 0 Å². The van der Waals surface area contributed by atoms with E-state index in [1.165, 1.54) is 19.3 Å². The molecular formula is C12H16N6. The number of nitrogens with zero attached hydrogens (tertiary/aromatic N) is 4. The fraction of sp³-hybridized carbons (Fsp3) is 0.417. The van der Waals surface area contributed by atoms with E-state index >= 15 is 0 Å². The minimum absolute atomic E-state index is 0.692. The van der Waals surface area contributed by atoms with Crippen LogP contribution in [0.15, 0.2) is 24.3 Å². The van der Waals surface area contributed by atoms with Crippen LogP contribution in [0.25, 0.3) is 11.4 Å². The number of hydrazine groups is 1. The number of aromatic nitrogens is 4. The number of nitrogens with one attached hydrogen (secondary N) is 2. The van der Waals surface area contributed by atoms with E-state index in [4.69, 9.17) is 0 Å². The maximum Gasteiger partial charge on any atom is 0.179 e. The van der Waals surface area contributed by atoms with Crippen LogP contribution in [0.5, 0.6) is 0 Å². The molecule has 0 unspecified atom stereocenters. The Bertz CT molecular complexity index is 489. The van der Waals surface area contributed by atoms with Crippen molar-refractivity contribution in [3.05, 3.63) is 24.3 Å². The first-order valence-electron chi connectivity index (χ1n) is 6.27. The summed E-state index contributed by atoms with van der Waals surface area (Å²) in [5.74, 6) is 0.692. The summed E-state index contributed by atoms with van der Waals surface area (Å²) in [6, 6.07) is 8.10. The molecule has 2 heterocycles. The van der Waals surface area contributed by atoms with Gasteiger partial charge in [0.2, 0.25) is 0 Å². The van der Waals surface area contributed by atoms with Crippen LogP contribution in [0, 0.1) is 0 Å². The summed E-state index contributed by atoms with van der Waals surface area (Å²) in [7, 11) is 0. The molecule has 6 heteroatoms. The molecule has 1 aromatic heterocycles. The molecule has 18 heavy (non-hydrogen) atoms. The van der Waals surface area contributed by atoms with Gasteiger partial charge in [-0.3, -0.25) is 0 Å². The second-order valence-electron chi connectivity index (χ2n) is 4.49. The lowest BCUT2D eigenvalue weighted by Gasteiger charge is -2.27. The third kappa shape index (κ3) is 2.48. The van der Waals surface area contributed by atoms with E-state index in [9.17, 15) is 0 Å². The summed E-state index contributed by atoms with van der Waals surface area (Å²) < 4.78 is 0. The van der Waals surface area contributed by atoms with Crippen LogP contribution in [-0.2, 0) is 0 Å². The molecule has 2 aromatic rings. The number of benzene rings is 1. The van der Waals surface area contributed by atoms with Gasteiger partial charge in [0.05, 0.1) is 0 Å². The molecule has 0 amide bonds. The molecule has 1 saturated heterocycles. The molecule has 1 aliphatic heterocycles. The molecular weight excluding hydrogens is 228 g/mol. The molecule has 3 rings (SSSR count). The highest BCUT2D eigenvalue weighted by molar-refractivity contribution is 5.61. The molecule has 1 fully saturated rings. The number of H-pyrrole nitrogens is 1. The number of anilines is 1. The minimum atomic E-state index is 0.692. The highest BCUT2D eigenvalue weighted by atomic mass is 15.5. The highest BCUT2D eigenvalue weighted by Gasteiger charge is 2.10. The van der Waals surface area contributed by atoms with E-state index < -0.39 is 0 Å².